The zero-order chi connectivity index (χ0) is 26.6. The van der Waals surface area contributed by atoms with Crippen LogP contribution in [0, 0.1) is 0 Å². The van der Waals surface area contributed by atoms with Gasteiger partial charge in [-0.1, -0.05) is 24.3 Å². The molecule has 1 aliphatic rings. The Morgan fingerprint density at radius 3 is 2.27 bits per heavy atom. The molecule has 190 valence electrons. The number of ether oxygens (including phenoxy) is 2. The van der Waals surface area contributed by atoms with Crippen molar-refractivity contribution in [3.8, 4) is 17.2 Å². The number of rotatable bonds is 8. The maximum Gasteiger partial charge on any atom is 0.339 e. The van der Waals surface area contributed by atoms with E-state index in [1.54, 1.807) is 37.3 Å². The zero-order valence-electron chi connectivity index (χ0n) is 19.8. The fourth-order valence-corrected chi connectivity index (χ4v) is 4.46. The second-order valence-electron chi connectivity index (χ2n) is 7.65. The molecule has 37 heavy (non-hydrogen) atoms. The van der Waals surface area contributed by atoms with E-state index in [2.05, 4.69) is 5.32 Å². The third-order valence-electron chi connectivity index (χ3n) is 5.24. The average molecular weight is 523 g/mol. The van der Waals surface area contributed by atoms with Gasteiger partial charge in [-0.2, -0.15) is 8.42 Å². The number of benzene rings is 3. The molecule has 10 nitrogen and oxygen atoms in total. The van der Waals surface area contributed by atoms with Crippen LogP contribution < -0.4 is 23.9 Å². The van der Waals surface area contributed by atoms with Gasteiger partial charge in [0.1, 0.15) is 16.2 Å². The Balaban J connectivity index is 1.66. The summed E-state index contributed by atoms with van der Waals surface area (Å²) in [5, 5.41) is 2.15. The van der Waals surface area contributed by atoms with E-state index < -0.39 is 28.0 Å². The minimum absolute atomic E-state index is 0.0311. The summed E-state index contributed by atoms with van der Waals surface area (Å²) in [5.41, 5.74) is 0.283. The molecule has 4 amide bonds. The highest BCUT2D eigenvalue weighted by Crippen LogP contribution is 2.32. The highest BCUT2D eigenvalue weighted by molar-refractivity contribution is 7.87. The molecule has 3 aromatic rings. The van der Waals surface area contributed by atoms with Crippen LogP contribution in [0.25, 0.3) is 6.08 Å². The minimum Gasteiger partial charge on any atom is -0.497 e. The lowest BCUT2D eigenvalue weighted by atomic mass is 10.1. The topological polar surface area (TPSA) is 128 Å². The Labute approximate surface area is 213 Å². The van der Waals surface area contributed by atoms with E-state index in [0.717, 1.165) is 4.90 Å². The summed E-state index contributed by atoms with van der Waals surface area (Å²) in [6.07, 6.45) is 1.28. The first-order chi connectivity index (χ1) is 17.7. The predicted molar refractivity (Wildman–Crippen MR) is 134 cm³/mol. The highest BCUT2D eigenvalue weighted by Gasteiger charge is 2.36. The third-order valence-corrected chi connectivity index (χ3v) is 6.49. The molecular formula is C26H22N2O8S. The maximum absolute atomic E-state index is 13.1. The number of hydrogen-bond donors (Lipinski definition) is 1. The van der Waals surface area contributed by atoms with Crippen LogP contribution in [-0.4, -0.2) is 40.0 Å². The fourth-order valence-electron chi connectivity index (χ4n) is 3.49. The molecule has 1 N–H and O–H groups in total. The maximum atomic E-state index is 13.1. The molecule has 0 unspecified atom stereocenters. The number of anilines is 1. The lowest BCUT2D eigenvalue weighted by Crippen LogP contribution is -2.54. The average Bonchev–Trinajstić information content (AvgIpc) is 2.89. The summed E-state index contributed by atoms with van der Waals surface area (Å²) in [6, 6.07) is 17.2. The smallest absolute Gasteiger partial charge is 0.339 e. The number of urea groups is 1. The first kappa shape index (κ1) is 25.5. The van der Waals surface area contributed by atoms with Crippen molar-refractivity contribution in [3.63, 3.8) is 0 Å². The van der Waals surface area contributed by atoms with E-state index in [9.17, 15) is 22.8 Å². The normalized spacial score (nSPS) is 14.9. The van der Waals surface area contributed by atoms with Gasteiger partial charge in [-0.05, 0) is 67.1 Å². The molecule has 1 fully saturated rings. The largest absolute Gasteiger partial charge is 0.497 e. The first-order valence-electron chi connectivity index (χ1n) is 11.1. The molecule has 0 aliphatic carbocycles. The number of hydrogen-bond acceptors (Lipinski definition) is 8. The van der Waals surface area contributed by atoms with Crippen LogP contribution in [0.4, 0.5) is 10.5 Å². The Kier molecular flexibility index (Phi) is 7.25. The lowest BCUT2D eigenvalue weighted by molar-refractivity contribution is -0.122. The SMILES string of the molecule is CCOc1cc(/C=C2\C(=O)NC(=O)N(c3ccc(OC)cc3)C2=O)ccc1OS(=O)(=O)c1ccccc1. The van der Waals surface area contributed by atoms with Crippen molar-refractivity contribution in [1.29, 1.82) is 0 Å². The van der Waals surface area contributed by atoms with Crippen molar-refractivity contribution < 1.29 is 36.5 Å². The number of carbonyl (C=O) groups excluding carboxylic acids is 3. The Hall–Kier alpha value is -4.64. The van der Waals surface area contributed by atoms with Gasteiger partial charge >= 0.3 is 16.1 Å². The van der Waals surface area contributed by atoms with Crippen molar-refractivity contribution in [2.24, 2.45) is 0 Å². The molecule has 0 atom stereocenters. The minimum atomic E-state index is -4.13. The number of nitrogens with one attached hydrogen (secondary N) is 1. The van der Waals surface area contributed by atoms with Crippen LogP contribution in [0.5, 0.6) is 17.2 Å². The molecule has 1 saturated heterocycles. The summed E-state index contributed by atoms with van der Waals surface area (Å²) >= 11 is 0. The molecule has 0 aromatic heterocycles. The summed E-state index contributed by atoms with van der Waals surface area (Å²) < 4.78 is 41.2. The van der Waals surface area contributed by atoms with Crippen molar-refractivity contribution >= 4 is 39.7 Å². The van der Waals surface area contributed by atoms with Crippen molar-refractivity contribution in [2.75, 3.05) is 18.6 Å². The highest BCUT2D eigenvalue weighted by atomic mass is 32.2. The van der Waals surface area contributed by atoms with E-state index in [4.69, 9.17) is 13.7 Å². The number of carbonyl (C=O) groups is 3. The molecular weight excluding hydrogens is 500 g/mol. The van der Waals surface area contributed by atoms with Gasteiger partial charge in [0, 0.05) is 0 Å². The molecule has 0 radical (unpaired) electrons. The van der Waals surface area contributed by atoms with Gasteiger partial charge in [0.25, 0.3) is 11.8 Å². The molecule has 0 bridgehead atoms. The van der Waals surface area contributed by atoms with E-state index >= 15 is 0 Å². The number of barbiturate groups is 1. The molecule has 11 heteroatoms. The van der Waals surface area contributed by atoms with Gasteiger partial charge in [0.15, 0.2) is 11.5 Å². The van der Waals surface area contributed by atoms with E-state index in [1.807, 2.05) is 0 Å². The Morgan fingerprint density at radius 2 is 1.62 bits per heavy atom. The zero-order valence-corrected chi connectivity index (χ0v) is 20.7. The van der Waals surface area contributed by atoms with Gasteiger partial charge in [-0.15, -0.1) is 0 Å². The molecule has 1 aliphatic heterocycles. The second-order valence-corrected chi connectivity index (χ2v) is 9.19. The lowest BCUT2D eigenvalue weighted by Gasteiger charge is -2.26. The van der Waals surface area contributed by atoms with Gasteiger partial charge in [0.05, 0.1) is 19.4 Å². The Bertz CT molecular complexity index is 1480. The quantitative estimate of drug-likeness (QED) is 0.270. The predicted octanol–water partition coefficient (Wildman–Crippen LogP) is 3.53. The van der Waals surface area contributed by atoms with E-state index in [0.29, 0.717) is 11.3 Å². The van der Waals surface area contributed by atoms with Crippen LogP contribution in [0.2, 0.25) is 0 Å². The summed E-state index contributed by atoms with van der Waals surface area (Å²) in [6.45, 7) is 1.90. The van der Waals surface area contributed by atoms with Crippen LogP contribution in [0.1, 0.15) is 12.5 Å². The van der Waals surface area contributed by atoms with Crippen molar-refractivity contribution in [3.05, 3.63) is 83.9 Å². The van der Waals surface area contributed by atoms with Gasteiger partial charge in [-0.25, -0.2) is 9.69 Å². The second kappa shape index (κ2) is 10.5. The van der Waals surface area contributed by atoms with Crippen molar-refractivity contribution in [2.45, 2.75) is 11.8 Å². The standard InChI is InChI=1S/C26H22N2O8S/c1-3-35-23-16-17(9-14-22(23)36-37(32,33)20-7-5-4-6-8-20)15-21-24(29)27-26(31)28(25(21)30)18-10-12-19(34-2)13-11-18/h4-16H,3H2,1-2H3,(H,27,29,31)/b21-15+. The van der Waals surface area contributed by atoms with E-state index in [1.165, 1.54) is 55.7 Å². The molecule has 3 aromatic carbocycles. The Morgan fingerprint density at radius 1 is 0.919 bits per heavy atom. The van der Waals surface area contributed by atoms with Crippen LogP contribution in [-0.2, 0) is 19.7 Å². The monoisotopic (exact) mass is 522 g/mol. The van der Waals surface area contributed by atoms with Gasteiger partial charge in [0.2, 0.25) is 0 Å². The third kappa shape index (κ3) is 5.46. The molecule has 0 saturated carbocycles. The molecule has 4 rings (SSSR count). The number of imide groups is 2. The van der Waals surface area contributed by atoms with E-state index in [-0.39, 0.29) is 34.3 Å². The van der Waals surface area contributed by atoms with Crippen LogP contribution in [0.3, 0.4) is 0 Å². The number of methoxy groups -OCH3 is 1. The summed E-state index contributed by atoms with van der Waals surface area (Å²) in [5.74, 6) is -1.15. The molecule has 0 spiro atoms. The fraction of sp³-hybridized carbons (Fsp3) is 0.115. The number of amides is 4. The van der Waals surface area contributed by atoms with Crippen LogP contribution in [0.15, 0.2) is 83.3 Å². The molecule has 1 heterocycles. The summed E-state index contributed by atoms with van der Waals surface area (Å²) in [7, 11) is -2.64. The van der Waals surface area contributed by atoms with Crippen molar-refractivity contribution in [1.82, 2.24) is 5.32 Å². The summed E-state index contributed by atoms with van der Waals surface area (Å²) in [4.78, 5) is 38.9. The first-order valence-corrected chi connectivity index (χ1v) is 12.5. The van der Waals surface area contributed by atoms with Crippen LogP contribution >= 0.6 is 0 Å². The van der Waals surface area contributed by atoms with Gasteiger partial charge < -0.3 is 13.7 Å². The number of nitrogens with zero attached hydrogens (tertiary/aromatic N) is 1. The van der Waals surface area contributed by atoms with Gasteiger partial charge in [-0.3, -0.25) is 14.9 Å².